The second kappa shape index (κ2) is 4.39. The van der Waals surface area contributed by atoms with E-state index >= 15 is 0 Å². The Bertz CT molecular complexity index is 279. The maximum Gasteiger partial charge on any atom is 0.213 e. The quantitative estimate of drug-likeness (QED) is 0.721. The molecule has 1 aromatic rings. The summed E-state index contributed by atoms with van der Waals surface area (Å²) >= 11 is 0. The number of β-amino-alcohol motifs (C(OH)–C–C–N with tert-alkyl or cyclic N) is 1. The molecule has 0 spiro atoms. The molecule has 0 saturated carbocycles. The Morgan fingerprint density at radius 2 is 2.50 bits per heavy atom. The zero-order valence-electron chi connectivity index (χ0n) is 7.89. The van der Waals surface area contributed by atoms with Gasteiger partial charge in [-0.3, -0.25) is 0 Å². The van der Waals surface area contributed by atoms with Gasteiger partial charge < -0.3 is 15.2 Å². The van der Waals surface area contributed by atoms with E-state index in [0.717, 1.165) is 6.42 Å². The van der Waals surface area contributed by atoms with Crippen molar-refractivity contribution in [2.24, 2.45) is 0 Å². The van der Waals surface area contributed by atoms with Crippen LogP contribution in [0.1, 0.15) is 6.42 Å². The van der Waals surface area contributed by atoms with Crippen LogP contribution in [0.25, 0.3) is 0 Å². The van der Waals surface area contributed by atoms with Gasteiger partial charge in [-0.05, 0) is 12.5 Å². The minimum atomic E-state index is -0.229. The molecular weight excluding hydrogens is 180 g/mol. The van der Waals surface area contributed by atoms with E-state index in [4.69, 9.17) is 4.74 Å². The molecular formula is C10H14N2O2. The summed E-state index contributed by atoms with van der Waals surface area (Å²) in [6.45, 7) is 1.23. The van der Waals surface area contributed by atoms with Gasteiger partial charge in [-0.1, -0.05) is 6.07 Å². The van der Waals surface area contributed by atoms with Gasteiger partial charge >= 0.3 is 0 Å². The van der Waals surface area contributed by atoms with E-state index in [-0.39, 0.29) is 12.1 Å². The summed E-state index contributed by atoms with van der Waals surface area (Å²) in [5.74, 6) is 0.635. The molecule has 2 heterocycles. The van der Waals surface area contributed by atoms with Crippen LogP contribution in [0.15, 0.2) is 24.4 Å². The summed E-state index contributed by atoms with van der Waals surface area (Å²) in [5.41, 5.74) is 0. The number of nitrogens with one attached hydrogen (secondary N) is 1. The smallest absolute Gasteiger partial charge is 0.213 e. The van der Waals surface area contributed by atoms with Gasteiger partial charge in [-0.2, -0.15) is 0 Å². The van der Waals surface area contributed by atoms with Crippen LogP contribution in [0.5, 0.6) is 5.88 Å². The van der Waals surface area contributed by atoms with E-state index in [2.05, 4.69) is 10.3 Å². The number of nitrogens with zero attached hydrogens (tertiary/aromatic N) is 1. The molecule has 76 valence electrons. The number of aliphatic hydroxyl groups is 1. The minimum Gasteiger partial charge on any atom is -0.476 e. The molecule has 4 heteroatoms. The van der Waals surface area contributed by atoms with Crippen molar-refractivity contribution < 1.29 is 9.84 Å². The van der Waals surface area contributed by atoms with Crippen molar-refractivity contribution in [1.29, 1.82) is 0 Å². The highest BCUT2D eigenvalue weighted by atomic mass is 16.5. The number of ether oxygens (including phenoxy) is 1. The summed E-state index contributed by atoms with van der Waals surface area (Å²) < 4.78 is 5.45. The van der Waals surface area contributed by atoms with Crippen molar-refractivity contribution in [2.75, 3.05) is 13.2 Å². The third-order valence-corrected chi connectivity index (χ3v) is 2.27. The minimum absolute atomic E-state index is 0.229. The van der Waals surface area contributed by atoms with E-state index in [1.165, 1.54) is 0 Å². The fourth-order valence-corrected chi connectivity index (χ4v) is 1.54. The highest BCUT2D eigenvalue weighted by Gasteiger charge is 2.22. The van der Waals surface area contributed by atoms with Crippen LogP contribution in [-0.2, 0) is 0 Å². The molecule has 0 unspecified atom stereocenters. The first-order valence-corrected chi connectivity index (χ1v) is 4.80. The van der Waals surface area contributed by atoms with Gasteiger partial charge in [0.2, 0.25) is 5.88 Å². The molecule has 2 rings (SSSR count). The lowest BCUT2D eigenvalue weighted by Gasteiger charge is -2.10. The molecule has 1 aliphatic rings. The number of hydrogen-bond donors (Lipinski definition) is 2. The topological polar surface area (TPSA) is 54.4 Å². The van der Waals surface area contributed by atoms with Gasteiger partial charge in [-0.15, -0.1) is 0 Å². The van der Waals surface area contributed by atoms with Gasteiger partial charge in [0, 0.05) is 24.8 Å². The molecule has 1 saturated heterocycles. The lowest BCUT2D eigenvalue weighted by Crippen LogP contribution is -2.28. The van der Waals surface area contributed by atoms with Crippen LogP contribution in [0.4, 0.5) is 0 Å². The highest BCUT2D eigenvalue weighted by molar-refractivity contribution is 5.09. The van der Waals surface area contributed by atoms with Crippen molar-refractivity contribution in [3.63, 3.8) is 0 Å². The van der Waals surface area contributed by atoms with E-state index < -0.39 is 0 Å². The molecule has 0 radical (unpaired) electrons. The lowest BCUT2D eigenvalue weighted by molar-refractivity contribution is 0.186. The Balaban J connectivity index is 1.78. The third-order valence-electron chi connectivity index (χ3n) is 2.27. The van der Waals surface area contributed by atoms with Crippen molar-refractivity contribution in [1.82, 2.24) is 10.3 Å². The molecule has 14 heavy (non-hydrogen) atoms. The van der Waals surface area contributed by atoms with E-state index in [0.29, 0.717) is 19.0 Å². The van der Waals surface area contributed by atoms with Crippen LogP contribution in [0.2, 0.25) is 0 Å². The van der Waals surface area contributed by atoms with E-state index in [9.17, 15) is 5.11 Å². The highest BCUT2D eigenvalue weighted by Crippen LogP contribution is 2.09. The van der Waals surface area contributed by atoms with Crippen molar-refractivity contribution >= 4 is 0 Å². The molecule has 1 aliphatic heterocycles. The SMILES string of the molecule is O[C@H]1CN[C@H](COc2ccccn2)C1. The number of rotatable bonds is 3. The molecule has 2 N–H and O–H groups in total. The Hall–Kier alpha value is -1.13. The first kappa shape index (κ1) is 9.43. The first-order valence-electron chi connectivity index (χ1n) is 4.80. The normalized spacial score (nSPS) is 26.4. The Morgan fingerprint density at radius 1 is 1.57 bits per heavy atom. The molecule has 4 nitrogen and oxygen atoms in total. The predicted octanol–water partition coefficient (Wildman–Crippen LogP) is 0.183. The second-order valence-electron chi connectivity index (χ2n) is 3.47. The standard InChI is InChI=1S/C10H14N2O2/c13-9-5-8(12-6-9)7-14-10-3-1-2-4-11-10/h1-4,8-9,12-13H,5-7H2/t8-,9+/m0/s1. The number of aliphatic hydroxyl groups excluding tert-OH is 1. The first-order chi connectivity index (χ1) is 6.84. The van der Waals surface area contributed by atoms with Crippen LogP contribution in [-0.4, -0.2) is 35.4 Å². The average Bonchev–Trinajstić information content (AvgIpc) is 2.63. The summed E-state index contributed by atoms with van der Waals surface area (Å²) in [4.78, 5) is 4.05. The Labute approximate surface area is 82.9 Å². The maximum atomic E-state index is 9.26. The number of hydrogen-bond acceptors (Lipinski definition) is 4. The van der Waals surface area contributed by atoms with Gasteiger partial charge in [-0.25, -0.2) is 4.98 Å². The summed E-state index contributed by atoms with van der Waals surface area (Å²) in [6.07, 6.45) is 2.23. The lowest BCUT2D eigenvalue weighted by atomic mass is 10.2. The van der Waals surface area contributed by atoms with Gasteiger partial charge in [0.1, 0.15) is 6.61 Å². The predicted molar refractivity (Wildman–Crippen MR) is 52.1 cm³/mol. The zero-order chi connectivity index (χ0) is 9.80. The van der Waals surface area contributed by atoms with Crippen LogP contribution in [0, 0.1) is 0 Å². The largest absolute Gasteiger partial charge is 0.476 e. The van der Waals surface area contributed by atoms with Gasteiger partial charge in [0.05, 0.1) is 6.10 Å². The van der Waals surface area contributed by atoms with Crippen molar-refractivity contribution in [3.05, 3.63) is 24.4 Å². The van der Waals surface area contributed by atoms with Crippen LogP contribution >= 0.6 is 0 Å². The number of aromatic nitrogens is 1. The van der Waals surface area contributed by atoms with Crippen LogP contribution < -0.4 is 10.1 Å². The molecule has 0 bridgehead atoms. The molecule has 0 aromatic carbocycles. The zero-order valence-corrected chi connectivity index (χ0v) is 7.89. The number of pyridine rings is 1. The molecule has 0 aliphatic carbocycles. The van der Waals surface area contributed by atoms with Crippen molar-refractivity contribution in [3.8, 4) is 5.88 Å². The van der Waals surface area contributed by atoms with E-state index in [1.54, 1.807) is 6.20 Å². The summed E-state index contributed by atoms with van der Waals surface area (Å²) in [7, 11) is 0. The maximum absolute atomic E-state index is 9.26. The average molecular weight is 194 g/mol. The second-order valence-corrected chi connectivity index (χ2v) is 3.47. The van der Waals surface area contributed by atoms with Crippen molar-refractivity contribution in [2.45, 2.75) is 18.6 Å². The third kappa shape index (κ3) is 2.43. The Kier molecular flexibility index (Phi) is 2.96. The molecule has 1 aromatic heterocycles. The van der Waals surface area contributed by atoms with Crippen LogP contribution in [0.3, 0.4) is 0 Å². The Morgan fingerprint density at radius 3 is 3.14 bits per heavy atom. The monoisotopic (exact) mass is 194 g/mol. The summed E-state index contributed by atoms with van der Waals surface area (Å²) in [5, 5.41) is 12.4. The van der Waals surface area contributed by atoms with E-state index in [1.807, 2.05) is 18.2 Å². The summed E-state index contributed by atoms with van der Waals surface area (Å²) in [6, 6.07) is 5.81. The van der Waals surface area contributed by atoms with Gasteiger partial charge in [0.25, 0.3) is 0 Å². The molecule has 0 amide bonds. The fourth-order valence-electron chi connectivity index (χ4n) is 1.54. The fraction of sp³-hybridized carbons (Fsp3) is 0.500. The molecule has 1 fully saturated rings. The molecule has 2 atom stereocenters. The van der Waals surface area contributed by atoms with Gasteiger partial charge in [0.15, 0.2) is 0 Å².